The molecule has 1 N–H and O–H groups in total. The molecule has 1 atom stereocenters. The van der Waals surface area contributed by atoms with Crippen molar-refractivity contribution >= 4 is 9.84 Å². The highest BCUT2D eigenvalue weighted by atomic mass is 32.2. The molecule has 1 rings (SSSR count). The van der Waals surface area contributed by atoms with E-state index in [1.54, 1.807) is 26.0 Å². The highest BCUT2D eigenvalue weighted by Gasteiger charge is 2.13. The van der Waals surface area contributed by atoms with E-state index < -0.39 is 9.84 Å². The van der Waals surface area contributed by atoms with E-state index in [0.29, 0.717) is 17.9 Å². The third-order valence-corrected chi connectivity index (χ3v) is 4.68. The van der Waals surface area contributed by atoms with Gasteiger partial charge >= 0.3 is 0 Å². The summed E-state index contributed by atoms with van der Waals surface area (Å²) >= 11 is 0. The van der Waals surface area contributed by atoms with Gasteiger partial charge < -0.3 is 10.1 Å². The molecule has 0 aliphatic carbocycles. The molecule has 0 radical (unpaired) electrons. The fourth-order valence-electron chi connectivity index (χ4n) is 1.67. The van der Waals surface area contributed by atoms with Crippen LogP contribution in [-0.2, 0) is 9.84 Å². The van der Waals surface area contributed by atoms with Gasteiger partial charge in [0, 0.05) is 30.0 Å². The summed E-state index contributed by atoms with van der Waals surface area (Å²) in [5.74, 6) is 0.283. The van der Waals surface area contributed by atoms with E-state index >= 15 is 0 Å². The van der Waals surface area contributed by atoms with Crippen LogP contribution in [-0.4, -0.2) is 33.6 Å². The molecule has 19 heavy (non-hydrogen) atoms. The molecule has 0 saturated carbocycles. The molecule has 108 valence electrons. The third kappa shape index (κ3) is 4.80. The molecular formula is C13H20FNO3S. The van der Waals surface area contributed by atoms with Crippen LogP contribution in [0.15, 0.2) is 18.2 Å². The van der Waals surface area contributed by atoms with Gasteiger partial charge in [-0.05, 0) is 13.0 Å². The Morgan fingerprint density at radius 2 is 2.11 bits per heavy atom. The van der Waals surface area contributed by atoms with Gasteiger partial charge in [-0.3, -0.25) is 0 Å². The minimum absolute atomic E-state index is 0.0611. The smallest absolute Gasteiger partial charge is 0.151 e. The lowest BCUT2D eigenvalue weighted by Crippen LogP contribution is -2.26. The fraction of sp³-hybridized carbons (Fsp3) is 0.538. The number of nitrogens with one attached hydrogen (secondary N) is 1. The Bertz CT molecular complexity index is 517. The Labute approximate surface area is 113 Å². The number of sulfone groups is 1. The lowest BCUT2D eigenvalue weighted by atomic mass is 10.1. The molecule has 0 fully saturated rings. The van der Waals surface area contributed by atoms with E-state index in [4.69, 9.17) is 4.74 Å². The maximum Gasteiger partial charge on any atom is 0.151 e. The van der Waals surface area contributed by atoms with Crippen molar-refractivity contribution in [1.29, 1.82) is 0 Å². The van der Waals surface area contributed by atoms with Crippen molar-refractivity contribution < 1.29 is 17.5 Å². The predicted molar refractivity (Wildman–Crippen MR) is 73.7 cm³/mol. The minimum Gasteiger partial charge on any atom is -0.497 e. The second kappa shape index (κ2) is 6.86. The molecule has 4 nitrogen and oxygen atoms in total. The van der Waals surface area contributed by atoms with Crippen LogP contribution in [0.25, 0.3) is 0 Å². The zero-order valence-electron chi connectivity index (χ0n) is 11.4. The molecule has 0 saturated heterocycles. The van der Waals surface area contributed by atoms with Gasteiger partial charge in [-0.15, -0.1) is 0 Å². The first-order chi connectivity index (χ1) is 8.89. The maximum atomic E-state index is 13.8. The Morgan fingerprint density at radius 1 is 1.42 bits per heavy atom. The fourth-order valence-corrected chi connectivity index (χ4v) is 2.39. The summed E-state index contributed by atoms with van der Waals surface area (Å²) in [6.07, 6.45) is 0. The Morgan fingerprint density at radius 3 is 2.63 bits per heavy atom. The lowest BCUT2D eigenvalue weighted by Gasteiger charge is -2.15. The highest BCUT2D eigenvalue weighted by Crippen LogP contribution is 2.21. The van der Waals surface area contributed by atoms with E-state index in [0.717, 1.165) is 0 Å². The average molecular weight is 289 g/mol. The summed E-state index contributed by atoms with van der Waals surface area (Å²) < 4.78 is 41.4. The lowest BCUT2D eigenvalue weighted by molar-refractivity contribution is 0.409. The number of hydrogen-bond acceptors (Lipinski definition) is 4. The molecule has 0 spiro atoms. The van der Waals surface area contributed by atoms with Crippen molar-refractivity contribution in [2.24, 2.45) is 0 Å². The molecule has 6 heteroatoms. The van der Waals surface area contributed by atoms with E-state index in [-0.39, 0.29) is 23.4 Å². The van der Waals surface area contributed by atoms with Crippen LogP contribution < -0.4 is 10.1 Å². The number of methoxy groups -OCH3 is 1. The molecule has 0 aliphatic rings. The molecule has 0 amide bonds. The van der Waals surface area contributed by atoms with Gasteiger partial charge in [0.2, 0.25) is 0 Å². The molecule has 0 aromatic heterocycles. The second-order valence-electron chi connectivity index (χ2n) is 4.30. The van der Waals surface area contributed by atoms with Crippen molar-refractivity contribution in [2.75, 3.05) is 25.2 Å². The van der Waals surface area contributed by atoms with Crippen LogP contribution in [0.4, 0.5) is 4.39 Å². The number of rotatable bonds is 7. The number of hydrogen-bond donors (Lipinski definition) is 1. The quantitative estimate of drug-likeness (QED) is 0.833. The predicted octanol–water partition coefficient (Wildman–Crippen LogP) is 1.92. The zero-order chi connectivity index (χ0) is 14.5. The van der Waals surface area contributed by atoms with Gasteiger partial charge in [-0.1, -0.05) is 13.0 Å². The Kier molecular flexibility index (Phi) is 5.75. The van der Waals surface area contributed by atoms with Gasteiger partial charge in [0.05, 0.1) is 12.9 Å². The first-order valence-corrected chi connectivity index (χ1v) is 7.99. The SMILES string of the molecule is CCS(=O)(=O)CCNC(C)c1ccc(OC)cc1F. The number of ether oxygens (including phenoxy) is 1. The van der Waals surface area contributed by atoms with Crippen molar-refractivity contribution in [3.63, 3.8) is 0 Å². The highest BCUT2D eigenvalue weighted by molar-refractivity contribution is 7.91. The summed E-state index contributed by atoms with van der Waals surface area (Å²) in [5, 5.41) is 3.01. The first-order valence-electron chi connectivity index (χ1n) is 6.17. The van der Waals surface area contributed by atoms with E-state index in [2.05, 4.69) is 5.32 Å². The monoisotopic (exact) mass is 289 g/mol. The normalized spacial score (nSPS) is 13.3. The van der Waals surface area contributed by atoms with Crippen molar-refractivity contribution in [1.82, 2.24) is 5.32 Å². The van der Waals surface area contributed by atoms with Gasteiger partial charge in [0.25, 0.3) is 0 Å². The molecule has 1 aromatic carbocycles. The Hall–Kier alpha value is -1.14. The first kappa shape index (κ1) is 15.9. The van der Waals surface area contributed by atoms with Crippen molar-refractivity contribution in [3.05, 3.63) is 29.6 Å². The summed E-state index contributed by atoms with van der Waals surface area (Å²) in [6, 6.07) is 4.38. The maximum absolute atomic E-state index is 13.8. The summed E-state index contributed by atoms with van der Waals surface area (Å²) in [7, 11) is -1.52. The topological polar surface area (TPSA) is 55.4 Å². The van der Waals surface area contributed by atoms with Crippen LogP contribution in [0.2, 0.25) is 0 Å². The van der Waals surface area contributed by atoms with Crippen LogP contribution >= 0.6 is 0 Å². The average Bonchev–Trinajstić information content (AvgIpc) is 2.38. The molecular weight excluding hydrogens is 269 g/mol. The zero-order valence-corrected chi connectivity index (χ0v) is 12.3. The van der Waals surface area contributed by atoms with Crippen LogP contribution in [0.3, 0.4) is 0 Å². The standard InChI is InChI=1S/C13H20FNO3S/c1-4-19(16,17)8-7-15-10(2)12-6-5-11(18-3)9-13(12)14/h5-6,9-10,15H,4,7-8H2,1-3H3. The molecule has 1 unspecified atom stereocenters. The number of halogens is 1. The molecule has 1 aromatic rings. The van der Waals surface area contributed by atoms with Gasteiger partial charge in [0.15, 0.2) is 9.84 Å². The number of benzene rings is 1. The summed E-state index contributed by atoms with van der Waals surface area (Å²) in [4.78, 5) is 0. The van der Waals surface area contributed by atoms with E-state index in [1.165, 1.54) is 13.2 Å². The van der Waals surface area contributed by atoms with Crippen LogP contribution in [0, 0.1) is 5.82 Å². The van der Waals surface area contributed by atoms with Gasteiger partial charge in [-0.2, -0.15) is 0 Å². The van der Waals surface area contributed by atoms with Gasteiger partial charge in [-0.25, -0.2) is 12.8 Å². The molecule has 0 heterocycles. The second-order valence-corrected chi connectivity index (χ2v) is 6.77. The van der Waals surface area contributed by atoms with Crippen LogP contribution in [0.1, 0.15) is 25.5 Å². The summed E-state index contributed by atoms with van der Waals surface area (Å²) in [6.45, 7) is 3.72. The minimum atomic E-state index is -2.99. The van der Waals surface area contributed by atoms with E-state index in [9.17, 15) is 12.8 Å². The largest absolute Gasteiger partial charge is 0.497 e. The van der Waals surface area contributed by atoms with Crippen molar-refractivity contribution in [3.8, 4) is 5.75 Å². The van der Waals surface area contributed by atoms with Crippen LogP contribution in [0.5, 0.6) is 5.75 Å². The molecule has 0 aliphatic heterocycles. The van der Waals surface area contributed by atoms with Gasteiger partial charge in [0.1, 0.15) is 11.6 Å². The Balaban J connectivity index is 2.61. The molecule has 0 bridgehead atoms. The summed E-state index contributed by atoms with van der Waals surface area (Å²) in [5.41, 5.74) is 0.495. The third-order valence-electron chi connectivity index (χ3n) is 2.98. The van der Waals surface area contributed by atoms with E-state index in [1.807, 2.05) is 0 Å². The van der Waals surface area contributed by atoms with Crippen molar-refractivity contribution in [2.45, 2.75) is 19.9 Å².